The summed E-state index contributed by atoms with van der Waals surface area (Å²) < 4.78 is 10.8. The second-order valence-corrected chi connectivity index (χ2v) is 7.25. The number of hydrogen-bond acceptors (Lipinski definition) is 4. The Balaban J connectivity index is 1.76. The second kappa shape index (κ2) is 9.06. The molecule has 0 saturated heterocycles. The lowest BCUT2D eigenvalue weighted by molar-refractivity contribution is -0.113. The molecule has 3 aromatic rings. The molecule has 0 bridgehead atoms. The van der Waals surface area contributed by atoms with Gasteiger partial charge < -0.3 is 9.47 Å². The van der Waals surface area contributed by atoms with Gasteiger partial charge in [-0.25, -0.2) is 4.99 Å². The van der Waals surface area contributed by atoms with Crippen molar-refractivity contribution in [3.05, 3.63) is 94.6 Å². The minimum atomic E-state index is -0.204. The Labute approximate surface area is 186 Å². The van der Waals surface area contributed by atoms with E-state index in [1.54, 1.807) is 30.2 Å². The van der Waals surface area contributed by atoms with Crippen molar-refractivity contribution >= 4 is 35.1 Å². The zero-order valence-corrected chi connectivity index (χ0v) is 18.0. The van der Waals surface area contributed by atoms with E-state index in [1.807, 2.05) is 67.6 Å². The Morgan fingerprint density at radius 1 is 0.935 bits per heavy atom. The van der Waals surface area contributed by atoms with Gasteiger partial charge in [0.2, 0.25) is 0 Å². The monoisotopic (exact) mass is 432 g/mol. The summed E-state index contributed by atoms with van der Waals surface area (Å²) in [5.41, 5.74) is 2.71. The van der Waals surface area contributed by atoms with Gasteiger partial charge >= 0.3 is 0 Å². The van der Waals surface area contributed by atoms with E-state index in [9.17, 15) is 4.79 Å². The minimum Gasteiger partial charge on any atom is -0.497 e. The van der Waals surface area contributed by atoms with Gasteiger partial charge in [-0.05, 0) is 79.2 Å². The first-order valence-electron chi connectivity index (χ1n) is 9.86. The molecule has 0 aromatic heterocycles. The van der Waals surface area contributed by atoms with E-state index in [4.69, 9.17) is 21.1 Å². The summed E-state index contributed by atoms with van der Waals surface area (Å²) in [6.07, 6.45) is 1.76. The second-order valence-electron chi connectivity index (χ2n) is 6.81. The number of amides is 1. The summed E-state index contributed by atoms with van der Waals surface area (Å²) >= 11 is 5.98. The molecule has 156 valence electrons. The average molecular weight is 433 g/mol. The number of rotatable bonds is 6. The number of ether oxygens (including phenoxy) is 2. The molecule has 1 amide bonds. The van der Waals surface area contributed by atoms with Gasteiger partial charge in [-0.15, -0.1) is 0 Å². The van der Waals surface area contributed by atoms with Crippen LogP contribution in [-0.4, -0.2) is 25.5 Å². The summed E-state index contributed by atoms with van der Waals surface area (Å²) in [6.45, 7) is 2.51. The van der Waals surface area contributed by atoms with E-state index in [-0.39, 0.29) is 5.91 Å². The van der Waals surface area contributed by atoms with E-state index in [0.717, 1.165) is 22.6 Å². The van der Waals surface area contributed by atoms with Gasteiger partial charge in [0.05, 0.1) is 19.4 Å². The largest absolute Gasteiger partial charge is 0.497 e. The van der Waals surface area contributed by atoms with Gasteiger partial charge in [-0.1, -0.05) is 23.7 Å². The number of benzene rings is 3. The fourth-order valence-electron chi connectivity index (χ4n) is 3.26. The summed E-state index contributed by atoms with van der Waals surface area (Å²) in [6, 6.07) is 22.1. The van der Waals surface area contributed by atoms with Crippen molar-refractivity contribution in [1.82, 2.24) is 0 Å². The maximum Gasteiger partial charge on any atom is 0.282 e. The van der Waals surface area contributed by atoms with Crippen molar-refractivity contribution in [2.75, 3.05) is 18.6 Å². The van der Waals surface area contributed by atoms with E-state index >= 15 is 0 Å². The SMILES string of the molecule is CCOc1ccc(N2C(=O)/C(=C\c3ccc(Cl)cc3)N=C2c2ccc(OC)cc2)cc1. The van der Waals surface area contributed by atoms with Crippen molar-refractivity contribution in [3.63, 3.8) is 0 Å². The van der Waals surface area contributed by atoms with Crippen LogP contribution in [-0.2, 0) is 4.79 Å². The van der Waals surface area contributed by atoms with E-state index in [2.05, 4.69) is 4.99 Å². The van der Waals surface area contributed by atoms with Crippen LogP contribution in [0.3, 0.4) is 0 Å². The molecule has 0 aliphatic carbocycles. The Morgan fingerprint density at radius 2 is 1.58 bits per heavy atom. The minimum absolute atomic E-state index is 0.204. The van der Waals surface area contributed by atoms with Gasteiger partial charge in [0.25, 0.3) is 5.91 Å². The molecule has 31 heavy (non-hydrogen) atoms. The molecule has 4 rings (SSSR count). The maximum absolute atomic E-state index is 13.4. The van der Waals surface area contributed by atoms with Gasteiger partial charge in [-0.3, -0.25) is 9.69 Å². The fourth-order valence-corrected chi connectivity index (χ4v) is 3.39. The lowest BCUT2D eigenvalue weighted by Gasteiger charge is -2.19. The Kier molecular flexibility index (Phi) is 6.05. The molecule has 0 saturated carbocycles. The first-order chi connectivity index (χ1) is 15.1. The van der Waals surface area contributed by atoms with Crippen LogP contribution in [0.15, 0.2) is 83.5 Å². The van der Waals surface area contributed by atoms with E-state index in [0.29, 0.717) is 28.8 Å². The van der Waals surface area contributed by atoms with Crippen LogP contribution < -0.4 is 14.4 Å². The van der Waals surface area contributed by atoms with Crippen LogP contribution in [0.25, 0.3) is 6.08 Å². The van der Waals surface area contributed by atoms with Crippen LogP contribution in [0.2, 0.25) is 5.02 Å². The average Bonchev–Trinajstić information content (AvgIpc) is 3.12. The number of anilines is 1. The number of aliphatic imine (C=N–C) groups is 1. The van der Waals surface area contributed by atoms with Gasteiger partial charge in [-0.2, -0.15) is 0 Å². The normalized spacial score (nSPS) is 14.7. The molecular weight excluding hydrogens is 412 g/mol. The zero-order valence-electron chi connectivity index (χ0n) is 17.2. The number of halogens is 1. The van der Waals surface area contributed by atoms with Crippen molar-refractivity contribution in [2.45, 2.75) is 6.92 Å². The molecule has 0 unspecified atom stereocenters. The molecule has 0 spiro atoms. The molecule has 1 aliphatic heterocycles. The highest BCUT2D eigenvalue weighted by atomic mass is 35.5. The van der Waals surface area contributed by atoms with Crippen molar-refractivity contribution in [3.8, 4) is 11.5 Å². The zero-order chi connectivity index (χ0) is 21.8. The number of methoxy groups -OCH3 is 1. The Bertz CT molecular complexity index is 1130. The lowest BCUT2D eigenvalue weighted by atomic mass is 10.1. The highest BCUT2D eigenvalue weighted by molar-refractivity contribution is 6.33. The first kappa shape index (κ1) is 20.7. The number of carbonyl (C=O) groups excluding carboxylic acids is 1. The standard InChI is InChI=1S/C25H21ClN2O3/c1-3-31-22-14-10-20(11-15-22)28-24(18-6-12-21(30-2)13-7-18)27-23(25(28)29)16-17-4-8-19(26)9-5-17/h4-16H,3H2,1-2H3/b23-16+. The van der Waals surface area contributed by atoms with Crippen LogP contribution in [0.5, 0.6) is 11.5 Å². The van der Waals surface area contributed by atoms with E-state index < -0.39 is 0 Å². The number of amidine groups is 1. The summed E-state index contributed by atoms with van der Waals surface area (Å²) in [5.74, 6) is 1.83. The quantitative estimate of drug-likeness (QED) is 0.477. The predicted molar refractivity (Wildman–Crippen MR) is 124 cm³/mol. The number of hydrogen-bond donors (Lipinski definition) is 0. The lowest BCUT2D eigenvalue weighted by Crippen LogP contribution is -2.32. The van der Waals surface area contributed by atoms with Crippen LogP contribution >= 0.6 is 11.6 Å². The van der Waals surface area contributed by atoms with Crippen LogP contribution in [0.1, 0.15) is 18.1 Å². The van der Waals surface area contributed by atoms with Crippen LogP contribution in [0.4, 0.5) is 5.69 Å². The third-order valence-electron chi connectivity index (χ3n) is 4.79. The third-order valence-corrected chi connectivity index (χ3v) is 5.04. The van der Waals surface area contributed by atoms with Gasteiger partial charge in [0, 0.05) is 10.6 Å². The summed E-state index contributed by atoms with van der Waals surface area (Å²) in [7, 11) is 1.62. The molecule has 1 aliphatic rings. The van der Waals surface area contributed by atoms with Gasteiger partial charge in [0.15, 0.2) is 0 Å². The molecule has 0 fully saturated rings. The summed E-state index contributed by atoms with van der Waals surface area (Å²) in [4.78, 5) is 19.6. The molecule has 6 heteroatoms. The smallest absolute Gasteiger partial charge is 0.282 e. The molecular formula is C25H21ClN2O3. The first-order valence-corrected chi connectivity index (χ1v) is 10.2. The Hall–Kier alpha value is -3.57. The van der Waals surface area contributed by atoms with Crippen molar-refractivity contribution < 1.29 is 14.3 Å². The molecule has 1 heterocycles. The van der Waals surface area contributed by atoms with Crippen molar-refractivity contribution in [2.24, 2.45) is 4.99 Å². The molecule has 0 radical (unpaired) electrons. The highest BCUT2D eigenvalue weighted by Gasteiger charge is 2.32. The third kappa shape index (κ3) is 4.47. The Morgan fingerprint density at radius 3 is 2.19 bits per heavy atom. The molecule has 5 nitrogen and oxygen atoms in total. The summed E-state index contributed by atoms with van der Waals surface area (Å²) in [5, 5.41) is 0.637. The van der Waals surface area contributed by atoms with Gasteiger partial charge in [0.1, 0.15) is 23.0 Å². The van der Waals surface area contributed by atoms with Crippen molar-refractivity contribution in [1.29, 1.82) is 0 Å². The molecule has 0 N–H and O–H groups in total. The number of carbonyl (C=O) groups is 1. The number of nitrogens with zero attached hydrogens (tertiary/aromatic N) is 2. The predicted octanol–water partition coefficient (Wildman–Crippen LogP) is 5.58. The molecule has 0 atom stereocenters. The highest BCUT2D eigenvalue weighted by Crippen LogP contribution is 2.30. The molecule has 3 aromatic carbocycles. The van der Waals surface area contributed by atoms with E-state index in [1.165, 1.54) is 0 Å². The van der Waals surface area contributed by atoms with Crippen LogP contribution in [0, 0.1) is 0 Å². The fraction of sp³-hybridized carbons (Fsp3) is 0.120. The maximum atomic E-state index is 13.4. The topological polar surface area (TPSA) is 51.1 Å².